The highest BCUT2D eigenvalue weighted by atomic mass is 79.9. The third-order valence-corrected chi connectivity index (χ3v) is 2.16. The number of rotatable bonds is 1. The SMILES string of the molecule is O/N=C/c1c(O)ccc(O)c1Br. The van der Waals surface area contributed by atoms with Gasteiger partial charge in [0.25, 0.3) is 0 Å². The first kappa shape index (κ1) is 8.86. The third-order valence-electron chi connectivity index (χ3n) is 1.32. The fraction of sp³-hybridized carbons (Fsp3) is 0. The maximum Gasteiger partial charge on any atom is 0.130 e. The molecule has 0 saturated heterocycles. The minimum atomic E-state index is -0.0718. The average Bonchev–Trinajstić information content (AvgIpc) is 2.06. The zero-order valence-electron chi connectivity index (χ0n) is 5.90. The molecule has 3 N–H and O–H groups in total. The van der Waals surface area contributed by atoms with Gasteiger partial charge in [0.1, 0.15) is 11.5 Å². The number of halogens is 1. The molecule has 0 saturated carbocycles. The largest absolute Gasteiger partial charge is 0.507 e. The van der Waals surface area contributed by atoms with Gasteiger partial charge in [-0.25, -0.2) is 0 Å². The monoisotopic (exact) mass is 231 g/mol. The van der Waals surface area contributed by atoms with Crippen molar-refractivity contribution in [3.8, 4) is 11.5 Å². The molecule has 0 spiro atoms. The van der Waals surface area contributed by atoms with Crippen LogP contribution in [0.15, 0.2) is 21.8 Å². The first-order valence-corrected chi connectivity index (χ1v) is 3.84. The molecule has 0 bridgehead atoms. The van der Waals surface area contributed by atoms with Crippen molar-refractivity contribution in [2.75, 3.05) is 0 Å². The highest BCUT2D eigenvalue weighted by Crippen LogP contribution is 2.32. The van der Waals surface area contributed by atoms with E-state index in [9.17, 15) is 5.11 Å². The van der Waals surface area contributed by atoms with Gasteiger partial charge in [0, 0.05) is 0 Å². The van der Waals surface area contributed by atoms with Crippen molar-refractivity contribution >= 4 is 22.1 Å². The molecule has 0 amide bonds. The van der Waals surface area contributed by atoms with Gasteiger partial charge in [0.15, 0.2) is 0 Å². The second-order valence-corrected chi connectivity index (χ2v) is 2.87. The van der Waals surface area contributed by atoms with Gasteiger partial charge in [0.05, 0.1) is 16.3 Å². The molecule has 1 rings (SSSR count). The lowest BCUT2D eigenvalue weighted by molar-refractivity contribution is 0.321. The highest BCUT2D eigenvalue weighted by Gasteiger charge is 2.07. The van der Waals surface area contributed by atoms with Gasteiger partial charge >= 0.3 is 0 Å². The molecular formula is C7H6BrNO3. The van der Waals surface area contributed by atoms with E-state index in [-0.39, 0.29) is 17.1 Å². The zero-order valence-corrected chi connectivity index (χ0v) is 7.48. The van der Waals surface area contributed by atoms with E-state index in [2.05, 4.69) is 21.1 Å². The second kappa shape index (κ2) is 3.44. The molecule has 1 aromatic rings. The Morgan fingerprint density at radius 1 is 1.25 bits per heavy atom. The van der Waals surface area contributed by atoms with Crippen LogP contribution in [0.25, 0.3) is 0 Å². The van der Waals surface area contributed by atoms with Gasteiger partial charge in [-0.2, -0.15) is 0 Å². The fourth-order valence-corrected chi connectivity index (χ4v) is 1.19. The summed E-state index contributed by atoms with van der Waals surface area (Å²) in [7, 11) is 0. The summed E-state index contributed by atoms with van der Waals surface area (Å²) in [6, 6.07) is 2.63. The number of phenols is 2. The lowest BCUT2D eigenvalue weighted by Crippen LogP contribution is -1.85. The summed E-state index contributed by atoms with van der Waals surface area (Å²) in [5.41, 5.74) is 0.234. The Hall–Kier alpha value is -1.23. The summed E-state index contributed by atoms with van der Waals surface area (Å²) in [6.07, 6.45) is 1.03. The maximum absolute atomic E-state index is 9.20. The number of phenolic OH excluding ortho intramolecular Hbond substituents is 2. The summed E-state index contributed by atoms with van der Waals surface area (Å²) in [4.78, 5) is 0. The Balaban J connectivity index is 3.32. The van der Waals surface area contributed by atoms with Crippen LogP contribution in [0.5, 0.6) is 11.5 Å². The number of aromatic hydroxyl groups is 2. The fourth-order valence-electron chi connectivity index (χ4n) is 0.752. The molecule has 5 heteroatoms. The van der Waals surface area contributed by atoms with Crippen LogP contribution in [0.1, 0.15) is 5.56 Å². The molecule has 64 valence electrons. The molecule has 0 fully saturated rings. The summed E-state index contributed by atoms with van der Waals surface area (Å²) in [5.74, 6) is -0.0971. The van der Waals surface area contributed by atoms with Crippen LogP contribution in [-0.4, -0.2) is 21.6 Å². The van der Waals surface area contributed by atoms with Crippen LogP contribution < -0.4 is 0 Å². The molecule has 12 heavy (non-hydrogen) atoms. The Kier molecular flexibility index (Phi) is 2.54. The van der Waals surface area contributed by atoms with E-state index in [0.29, 0.717) is 4.47 Å². The van der Waals surface area contributed by atoms with Crippen molar-refractivity contribution in [3.63, 3.8) is 0 Å². The van der Waals surface area contributed by atoms with Gasteiger partial charge in [-0.15, -0.1) is 0 Å². The summed E-state index contributed by atoms with van der Waals surface area (Å²) >= 11 is 3.02. The maximum atomic E-state index is 9.20. The first-order valence-electron chi connectivity index (χ1n) is 3.04. The minimum absolute atomic E-state index is 0.0253. The molecule has 1 aromatic carbocycles. The van der Waals surface area contributed by atoms with Crippen LogP contribution >= 0.6 is 15.9 Å². The van der Waals surface area contributed by atoms with E-state index in [1.807, 2.05) is 0 Å². The van der Waals surface area contributed by atoms with Crippen molar-refractivity contribution in [3.05, 3.63) is 22.2 Å². The van der Waals surface area contributed by atoms with Gasteiger partial charge < -0.3 is 15.4 Å². The Morgan fingerprint density at radius 3 is 2.42 bits per heavy atom. The van der Waals surface area contributed by atoms with Crippen LogP contribution in [0.4, 0.5) is 0 Å². The van der Waals surface area contributed by atoms with Crippen LogP contribution in [0, 0.1) is 0 Å². The normalized spacial score (nSPS) is 10.8. The van der Waals surface area contributed by atoms with E-state index >= 15 is 0 Å². The van der Waals surface area contributed by atoms with E-state index in [4.69, 9.17) is 10.3 Å². The van der Waals surface area contributed by atoms with E-state index in [1.165, 1.54) is 12.1 Å². The Bertz CT molecular complexity index is 325. The van der Waals surface area contributed by atoms with Crippen LogP contribution in [0.2, 0.25) is 0 Å². The summed E-state index contributed by atoms with van der Waals surface area (Å²) in [6.45, 7) is 0. The number of nitrogens with zero attached hydrogens (tertiary/aromatic N) is 1. The summed E-state index contributed by atoms with van der Waals surface area (Å²) < 4.78 is 0.292. The van der Waals surface area contributed by atoms with Crippen molar-refractivity contribution in [1.82, 2.24) is 0 Å². The van der Waals surface area contributed by atoms with Gasteiger partial charge in [-0.3, -0.25) is 0 Å². The topological polar surface area (TPSA) is 73.1 Å². The summed E-state index contributed by atoms with van der Waals surface area (Å²) in [5, 5.41) is 29.3. The van der Waals surface area contributed by atoms with Crippen molar-refractivity contribution < 1.29 is 15.4 Å². The van der Waals surface area contributed by atoms with Crippen LogP contribution in [0.3, 0.4) is 0 Å². The van der Waals surface area contributed by atoms with Crippen molar-refractivity contribution in [2.24, 2.45) is 5.16 Å². The van der Waals surface area contributed by atoms with Crippen molar-refractivity contribution in [1.29, 1.82) is 0 Å². The third kappa shape index (κ3) is 1.50. The molecule has 0 aliphatic rings. The van der Waals surface area contributed by atoms with E-state index < -0.39 is 0 Å². The zero-order chi connectivity index (χ0) is 9.14. The lowest BCUT2D eigenvalue weighted by Gasteiger charge is -2.02. The molecular weight excluding hydrogens is 226 g/mol. The molecule has 0 unspecified atom stereocenters. The van der Waals surface area contributed by atoms with Gasteiger partial charge in [-0.1, -0.05) is 5.16 Å². The minimum Gasteiger partial charge on any atom is -0.507 e. The second-order valence-electron chi connectivity index (χ2n) is 2.08. The molecule has 0 aromatic heterocycles. The molecule has 0 aliphatic heterocycles. The quantitative estimate of drug-likeness (QED) is 0.298. The van der Waals surface area contributed by atoms with Gasteiger partial charge in [0.2, 0.25) is 0 Å². The highest BCUT2D eigenvalue weighted by molar-refractivity contribution is 9.10. The van der Waals surface area contributed by atoms with E-state index in [0.717, 1.165) is 6.21 Å². The molecule has 0 atom stereocenters. The predicted octanol–water partition coefficient (Wildman–Crippen LogP) is 1.67. The molecule has 0 aliphatic carbocycles. The smallest absolute Gasteiger partial charge is 0.130 e. The molecule has 4 nitrogen and oxygen atoms in total. The van der Waals surface area contributed by atoms with Crippen LogP contribution in [-0.2, 0) is 0 Å². The lowest BCUT2D eigenvalue weighted by atomic mass is 10.2. The van der Waals surface area contributed by atoms with Crippen molar-refractivity contribution in [2.45, 2.75) is 0 Å². The Labute approximate surface area is 76.9 Å². The average molecular weight is 232 g/mol. The van der Waals surface area contributed by atoms with E-state index in [1.54, 1.807) is 0 Å². The van der Waals surface area contributed by atoms with Gasteiger partial charge in [-0.05, 0) is 28.1 Å². The Morgan fingerprint density at radius 2 is 1.83 bits per heavy atom. The molecule has 0 heterocycles. The number of benzene rings is 1. The first-order chi connectivity index (χ1) is 5.66. The number of hydrogen-bond donors (Lipinski definition) is 3. The number of oxime groups is 1. The predicted molar refractivity (Wildman–Crippen MR) is 46.9 cm³/mol. The molecule has 0 radical (unpaired) electrons. The number of hydrogen-bond acceptors (Lipinski definition) is 4. The standard InChI is InChI=1S/C7H6BrNO3/c8-7-4(3-9-12)5(10)1-2-6(7)11/h1-3,10-12H/b9-3+.